The van der Waals surface area contributed by atoms with E-state index in [-0.39, 0.29) is 12.6 Å². The van der Waals surface area contributed by atoms with Gasteiger partial charge in [0.05, 0.1) is 6.54 Å². The number of para-hydroxylation sites is 1. The van der Waals surface area contributed by atoms with E-state index in [2.05, 4.69) is 5.32 Å². The molecule has 1 aliphatic rings. The summed E-state index contributed by atoms with van der Waals surface area (Å²) in [6.07, 6.45) is -2.29. The minimum Gasteiger partial charge on any atom is -0.364 e. The fourth-order valence-corrected chi connectivity index (χ4v) is 2.09. The predicted molar refractivity (Wildman–Crippen MR) is 61.0 cm³/mol. The van der Waals surface area contributed by atoms with Crippen LogP contribution in [-0.4, -0.2) is 25.6 Å². The summed E-state index contributed by atoms with van der Waals surface area (Å²) in [5, 5.41) is 3.32. The molecule has 88 valence electrons. The molecule has 2 rings (SSSR count). The molecule has 2 nitrogen and oxygen atoms in total. The lowest BCUT2D eigenvalue weighted by molar-refractivity contribution is 0.154. The molecule has 1 N–H and O–H groups in total. The molecule has 0 radical (unpaired) electrons. The third-order valence-corrected chi connectivity index (χ3v) is 2.83. The van der Waals surface area contributed by atoms with Crippen LogP contribution in [0.3, 0.4) is 0 Å². The molecule has 0 spiro atoms. The van der Waals surface area contributed by atoms with E-state index in [1.54, 1.807) is 4.90 Å². The fourth-order valence-electron chi connectivity index (χ4n) is 2.09. The molecule has 0 aliphatic carbocycles. The zero-order valence-corrected chi connectivity index (χ0v) is 9.29. The normalized spacial score (nSPS) is 20.8. The van der Waals surface area contributed by atoms with Crippen molar-refractivity contribution in [3.8, 4) is 0 Å². The van der Waals surface area contributed by atoms with Crippen LogP contribution in [0.15, 0.2) is 24.3 Å². The van der Waals surface area contributed by atoms with Gasteiger partial charge in [0.15, 0.2) is 0 Å². The molecular weight excluding hydrogens is 210 g/mol. The van der Waals surface area contributed by atoms with E-state index in [4.69, 9.17) is 0 Å². The first-order valence-electron chi connectivity index (χ1n) is 5.51. The third kappa shape index (κ3) is 2.50. The average molecular weight is 226 g/mol. The van der Waals surface area contributed by atoms with Crippen molar-refractivity contribution in [3.63, 3.8) is 0 Å². The zero-order chi connectivity index (χ0) is 11.5. The molecule has 1 aliphatic heterocycles. The Bertz CT molecular complexity index is 355. The van der Waals surface area contributed by atoms with Gasteiger partial charge in [0.2, 0.25) is 0 Å². The summed E-state index contributed by atoms with van der Waals surface area (Å²) in [6.45, 7) is 3.20. The van der Waals surface area contributed by atoms with Crippen molar-refractivity contribution in [2.45, 2.75) is 25.9 Å². The number of fused-ring (bicyclic) bond motifs is 1. The number of nitrogens with zero attached hydrogens (tertiary/aromatic N) is 1. The number of hydrogen-bond donors (Lipinski definition) is 1. The van der Waals surface area contributed by atoms with Gasteiger partial charge in [-0.15, -0.1) is 0 Å². The minimum absolute atomic E-state index is 0.191. The number of anilines is 1. The Balaban J connectivity index is 2.27. The molecule has 1 aromatic rings. The zero-order valence-electron chi connectivity index (χ0n) is 9.29. The van der Waals surface area contributed by atoms with Gasteiger partial charge < -0.3 is 10.2 Å². The Morgan fingerprint density at radius 3 is 2.94 bits per heavy atom. The average Bonchev–Trinajstić information content (AvgIpc) is 2.39. The Labute approximate surface area is 94.3 Å². The smallest absolute Gasteiger partial charge is 0.255 e. The van der Waals surface area contributed by atoms with E-state index in [1.807, 2.05) is 31.2 Å². The van der Waals surface area contributed by atoms with Gasteiger partial charge in [0, 0.05) is 24.8 Å². The second-order valence-corrected chi connectivity index (χ2v) is 4.21. The van der Waals surface area contributed by atoms with Gasteiger partial charge >= 0.3 is 0 Å². The molecule has 16 heavy (non-hydrogen) atoms. The second-order valence-electron chi connectivity index (χ2n) is 4.21. The Morgan fingerprint density at radius 1 is 1.44 bits per heavy atom. The van der Waals surface area contributed by atoms with E-state index in [0.717, 1.165) is 17.8 Å². The van der Waals surface area contributed by atoms with Gasteiger partial charge in [0.1, 0.15) is 0 Å². The van der Waals surface area contributed by atoms with Crippen molar-refractivity contribution in [3.05, 3.63) is 29.8 Å². The Morgan fingerprint density at radius 2 is 2.19 bits per heavy atom. The molecule has 1 atom stereocenters. The second kappa shape index (κ2) is 4.78. The lowest BCUT2D eigenvalue weighted by Gasteiger charge is -2.25. The maximum Gasteiger partial charge on any atom is 0.255 e. The maximum atomic E-state index is 12.5. The highest BCUT2D eigenvalue weighted by Crippen LogP contribution is 2.23. The van der Waals surface area contributed by atoms with Crippen molar-refractivity contribution in [1.82, 2.24) is 5.32 Å². The lowest BCUT2D eigenvalue weighted by atomic mass is 10.1. The van der Waals surface area contributed by atoms with Crippen molar-refractivity contribution in [2.24, 2.45) is 0 Å². The SMILES string of the molecule is CC1CN(CC(F)F)c2ccccc2CN1. The van der Waals surface area contributed by atoms with E-state index in [1.165, 1.54) is 0 Å². The highest BCUT2D eigenvalue weighted by atomic mass is 19.3. The van der Waals surface area contributed by atoms with Crippen LogP contribution in [0.2, 0.25) is 0 Å². The molecular formula is C12H16F2N2. The van der Waals surface area contributed by atoms with Crippen molar-refractivity contribution in [2.75, 3.05) is 18.0 Å². The van der Waals surface area contributed by atoms with Crippen LogP contribution < -0.4 is 10.2 Å². The Hall–Kier alpha value is -1.16. The fraction of sp³-hybridized carbons (Fsp3) is 0.500. The van der Waals surface area contributed by atoms with Crippen molar-refractivity contribution in [1.29, 1.82) is 0 Å². The number of nitrogens with one attached hydrogen (secondary N) is 1. The lowest BCUT2D eigenvalue weighted by Crippen LogP contribution is -2.38. The molecule has 1 aromatic carbocycles. The van der Waals surface area contributed by atoms with E-state index in [0.29, 0.717) is 6.54 Å². The molecule has 0 saturated heterocycles. The van der Waals surface area contributed by atoms with Gasteiger partial charge in [0.25, 0.3) is 6.43 Å². The van der Waals surface area contributed by atoms with Gasteiger partial charge in [-0.25, -0.2) is 8.78 Å². The van der Waals surface area contributed by atoms with Crippen LogP contribution >= 0.6 is 0 Å². The van der Waals surface area contributed by atoms with Crippen LogP contribution in [-0.2, 0) is 6.54 Å². The van der Waals surface area contributed by atoms with Gasteiger partial charge in [-0.2, -0.15) is 0 Å². The first kappa shape index (κ1) is 11.3. The van der Waals surface area contributed by atoms with Crippen LogP contribution in [0, 0.1) is 0 Å². The molecule has 0 amide bonds. The molecule has 0 bridgehead atoms. The summed E-state index contributed by atoms with van der Waals surface area (Å²) in [4.78, 5) is 1.77. The molecule has 1 heterocycles. The van der Waals surface area contributed by atoms with Crippen molar-refractivity contribution >= 4 is 5.69 Å². The predicted octanol–water partition coefficient (Wildman–Crippen LogP) is 2.25. The number of rotatable bonds is 2. The van der Waals surface area contributed by atoms with Crippen molar-refractivity contribution < 1.29 is 8.78 Å². The number of benzene rings is 1. The summed E-state index contributed by atoms with van der Waals surface area (Å²) in [5.74, 6) is 0. The first-order valence-corrected chi connectivity index (χ1v) is 5.51. The third-order valence-electron chi connectivity index (χ3n) is 2.83. The minimum atomic E-state index is -2.29. The largest absolute Gasteiger partial charge is 0.364 e. The quantitative estimate of drug-likeness (QED) is 0.832. The molecule has 1 unspecified atom stereocenters. The van der Waals surface area contributed by atoms with E-state index < -0.39 is 6.43 Å². The molecule has 0 saturated carbocycles. The summed E-state index contributed by atoms with van der Waals surface area (Å²) in [6, 6.07) is 7.96. The molecule has 0 aromatic heterocycles. The topological polar surface area (TPSA) is 15.3 Å². The first-order chi connectivity index (χ1) is 7.66. The maximum absolute atomic E-state index is 12.5. The summed E-state index contributed by atoms with van der Waals surface area (Å²) in [5.41, 5.74) is 2.02. The number of halogens is 2. The number of hydrogen-bond acceptors (Lipinski definition) is 2. The summed E-state index contributed by atoms with van der Waals surface area (Å²) in [7, 11) is 0. The van der Waals surface area contributed by atoms with E-state index in [9.17, 15) is 8.78 Å². The van der Waals surface area contributed by atoms with Gasteiger partial charge in [-0.05, 0) is 18.6 Å². The standard InChI is InChI=1S/C12H16F2N2/c1-9-7-16(8-12(13)14)11-5-3-2-4-10(11)6-15-9/h2-5,9,12,15H,6-8H2,1H3. The van der Waals surface area contributed by atoms with Crippen LogP contribution in [0.25, 0.3) is 0 Å². The monoisotopic (exact) mass is 226 g/mol. The van der Waals surface area contributed by atoms with Gasteiger partial charge in [-0.3, -0.25) is 0 Å². The Kier molecular flexibility index (Phi) is 3.39. The summed E-state index contributed by atoms with van der Waals surface area (Å²) >= 11 is 0. The highest BCUT2D eigenvalue weighted by Gasteiger charge is 2.20. The highest BCUT2D eigenvalue weighted by molar-refractivity contribution is 5.54. The molecule has 0 fully saturated rings. The summed E-state index contributed by atoms with van der Waals surface area (Å²) < 4.78 is 25.0. The van der Waals surface area contributed by atoms with Crippen LogP contribution in [0.1, 0.15) is 12.5 Å². The van der Waals surface area contributed by atoms with E-state index >= 15 is 0 Å². The van der Waals surface area contributed by atoms with Crippen LogP contribution in [0.5, 0.6) is 0 Å². The van der Waals surface area contributed by atoms with Crippen LogP contribution in [0.4, 0.5) is 14.5 Å². The molecule has 4 heteroatoms. The van der Waals surface area contributed by atoms with Gasteiger partial charge in [-0.1, -0.05) is 18.2 Å². The number of alkyl halides is 2.